The topological polar surface area (TPSA) is 6.02 Å². The smallest absolute Gasteiger partial charge is 0.239 e. The van der Waals surface area contributed by atoms with Crippen LogP contribution < -0.4 is 18.9 Å². The van der Waals surface area contributed by atoms with E-state index >= 15 is 0 Å². The molecule has 1 aliphatic rings. The monoisotopic (exact) mass is 338 g/mol. The Morgan fingerprint density at radius 3 is 1.55 bits per heavy atom. The second-order valence-corrected chi connectivity index (χ2v) is 17.0. The van der Waals surface area contributed by atoms with Crippen LogP contribution in [0.4, 0.5) is 13.2 Å². The Balaban J connectivity index is 0.00000242. The predicted octanol–water partition coefficient (Wildman–Crippen LogP) is 1.41. The minimum absolute atomic E-state index is 0. The van der Waals surface area contributed by atoms with Crippen molar-refractivity contribution in [3.63, 3.8) is 0 Å². The molecule has 1 saturated heterocycles. The first kappa shape index (κ1) is 20.0. The first-order valence-electron chi connectivity index (χ1n) is 6.98. The summed E-state index contributed by atoms with van der Waals surface area (Å²) >= 11 is 0. The number of nitrogens with zero attached hydrogens (tertiary/aromatic N) is 2. The maximum atomic E-state index is 14.1. The Hall–Kier alpha value is -0.0388. The van der Waals surface area contributed by atoms with E-state index in [0.29, 0.717) is 5.56 Å². The van der Waals surface area contributed by atoms with Crippen LogP contribution in [0.3, 0.4) is 0 Å². The van der Waals surface area contributed by atoms with Crippen LogP contribution in [0.1, 0.15) is 5.56 Å². The molecule has 8 heteroatoms. The minimum atomic E-state index is -4.32. The molecule has 1 aromatic rings. The normalized spacial score (nSPS) is 29.0. The molecule has 0 radical (unpaired) electrons. The van der Waals surface area contributed by atoms with Crippen molar-refractivity contribution in [1.29, 1.82) is 0 Å². The van der Waals surface area contributed by atoms with E-state index in [1.165, 1.54) is 0 Å². The van der Waals surface area contributed by atoms with Gasteiger partial charge in [-0.1, -0.05) is 39.3 Å². The zero-order chi connectivity index (χ0) is 16.3. The minimum Gasteiger partial charge on any atom is -0.239 e. The van der Waals surface area contributed by atoms with Crippen LogP contribution in [0.25, 0.3) is 0 Å². The van der Waals surface area contributed by atoms with Crippen molar-refractivity contribution >= 4 is 16.5 Å². The number of benzene rings is 1. The van der Waals surface area contributed by atoms with E-state index in [1.54, 1.807) is 33.6 Å². The standard InChI is InChI=1S/C14H22F3N2Si2.Li/c1-20(2,3)18-13(14(15,16)17,19(18)21(4,5)6)12-10-8-7-9-11-12;/h8-11H,1-6H3;/q-1;+1. The third-order valence-corrected chi connectivity index (χ3v) is 7.35. The molecular weight excluding hydrogens is 316 g/mol. The molecule has 1 aromatic carbocycles. The predicted molar refractivity (Wildman–Crippen MR) is 83.4 cm³/mol. The van der Waals surface area contributed by atoms with Gasteiger partial charge in [-0.05, 0) is 0 Å². The first-order valence-corrected chi connectivity index (χ1v) is 13.9. The maximum absolute atomic E-state index is 14.1. The van der Waals surface area contributed by atoms with Gasteiger partial charge >= 0.3 is 25.0 Å². The molecule has 22 heavy (non-hydrogen) atoms. The third-order valence-electron chi connectivity index (χ3n) is 3.56. The Labute approximate surface area is 145 Å². The van der Waals surface area contributed by atoms with Gasteiger partial charge in [-0.2, -0.15) is 43.5 Å². The molecule has 1 aliphatic heterocycles. The summed E-state index contributed by atoms with van der Waals surface area (Å²) in [5, 5.41) is 0. The fourth-order valence-corrected chi connectivity index (χ4v) is 9.00. The van der Waals surface area contributed by atoms with Crippen molar-refractivity contribution in [3.05, 3.63) is 35.9 Å². The van der Waals surface area contributed by atoms with Gasteiger partial charge in [0.15, 0.2) is 5.66 Å². The molecule has 0 amide bonds. The third kappa shape index (κ3) is 2.99. The van der Waals surface area contributed by atoms with Gasteiger partial charge in [0.05, 0.1) is 0 Å². The summed E-state index contributed by atoms with van der Waals surface area (Å²) in [5.74, 6) is 0. The number of hydrogen-bond donors (Lipinski definition) is 0. The van der Waals surface area contributed by atoms with E-state index < -0.39 is 28.3 Å². The number of rotatable bonds is 3. The fraction of sp³-hybridized carbons (Fsp3) is 0.571. The van der Waals surface area contributed by atoms with Gasteiger partial charge in [-0.25, -0.2) is 9.35 Å². The first-order chi connectivity index (χ1) is 9.34. The summed E-state index contributed by atoms with van der Waals surface area (Å²) in [5.41, 5.74) is -1.64. The van der Waals surface area contributed by atoms with Crippen LogP contribution >= 0.6 is 0 Å². The molecule has 2 unspecified atom stereocenters. The number of hydrazine groups is 1. The quantitative estimate of drug-likeness (QED) is 0.467. The van der Waals surface area contributed by atoms with Gasteiger partial charge in [0.2, 0.25) is 0 Å². The zero-order valence-corrected chi connectivity index (χ0v) is 16.3. The number of hydrogen-bond acceptors (Lipinski definition) is 2. The van der Waals surface area contributed by atoms with Crippen molar-refractivity contribution in [2.75, 3.05) is 0 Å². The Morgan fingerprint density at radius 2 is 1.27 bits per heavy atom. The second kappa shape index (κ2) is 5.80. The molecular formula is C14H22F3LiN2Si2. The number of alkyl halides is 3. The van der Waals surface area contributed by atoms with Crippen LogP contribution in [-0.4, -0.2) is 32.0 Å². The molecule has 0 N–H and O–H groups in total. The van der Waals surface area contributed by atoms with Crippen LogP contribution in [0.2, 0.25) is 39.3 Å². The summed E-state index contributed by atoms with van der Waals surface area (Å²) in [6.45, 7) is 11.8. The van der Waals surface area contributed by atoms with Crippen LogP contribution in [0.15, 0.2) is 24.3 Å². The van der Waals surface area contributed by atoms with Crippen LogP contribution in [-0.2, 0) is 5.66 Å². The van der Waals surface area contributed by atoms with Crippen LogP contribution in [0, 0.1) is 6.07 Å². The molecule has 0 spiro atoms. The Bertz CT molecular complexity index is 504. The average Bonchev–Trinajstić information content (AvgIpc) is 3.00. The largest absolute Gasteiger partial charge is 1.00 e. The van der Waals surface area contributed by atoms with E-state index in [2.05, 4.69) is 6.07 Å². The van der Waals surface area contributed by atoms with E-state index in [-0.39, 0.29) is 18.9 Å². The summed E-state index contributed by atoms with van der Waals surface area (Å²) in [7, 11) is -4.32. The van der Waals surface area contributed by atoms with Crippen molar-refractivity contribution < 1.29 is 32.0 Å². The van der Waals surface area contributed by atoms with E-state index in [9.17, 15) is 13.2 Å². The molecule has 2 atom stereocenters. The van der Waals surface area contributed by atoms with E-state index in [4.69, 9.17) is 0 Å². The molecule has 0 aliphatic carbocycles. The van der Waals surface area contributed by atoms with Gasteiger partial charge < -0.3 is 0 Å². The average molecular weight is 338 g/mol. The molecule has 2 rings (SSSR count). The van der Waals surface area contributed by atoms with Gasteiger partial charge in [0.1, 0.15) is 16.5 Å². The summed E-state index contributed by atoms with van der Waals surface area (Å²) in [6, 6.07) is 9.02. The summed E-state index contributed by atoms with van der Waals surface area (Å²) < 4.78 is 45.6. The Morgan fingerprint density at radius 1 is 0.909 bits per heavy atom. The molecule has 0 aromatic heterocycles. The Kier molecular flexibility index (Phi) is 5.27. The molecule has 1 fully saturated rings. The molecule has 0 saturated carbocycles. The van der Waals surface area contributed by atoms with E-state index in [0.717, 1.165) is 0 Å². The van der Waals surface area contributed by atoms with Crippen LogP contribution in [0.5, 0.6) is 0 Å². The molecule has 1 heterocycles. The van der Waals surface area contributed by atoms with Gasteiger partial charge in [-0.3, -0.25) is 0 Å². The molecule has 2 nitrogen and oxygen atoms in total. The van der Waals surface area contributed by atoms with Gasteiger partial charge in [-0.15, -0.1) is 5.56 Å². The zero-order valence-electron chi connectivity index (χ0n) is 14.3. The van der Waals surface area contributed by atoms with Crippen molar-refractivity contribution in [3.8, 4) is 0 Å². The van der Waals surface area contributed by atoms with Crippen molar-refractivity contribution in [1.82, 2.24) is 9.35 Å². The van der Waals surface area contributed by atoms with Gasteiger partial charge in [0.25, 0.3) is 0 Å². The molecule has 118 valence electrons. The van der Waals surface area contributed by atoms with Crippen molar-refractivity contribution in [2.45, 2.75) is 51.1 Å². The number of halogens is 3. The molecule has 0 bridgehead atoms. The van der Waals surface area contributed by atoms with Gasteiger partial charge in [0, 0.05) is 0 Å². The maximum Gasteiger partial charge on any atom is 1.00 e. The second-order valence-electron chi connectivity index (χ2n) is 7.42. The summed E-state index contributed by atoms with van der Waals surface area (Å²) in [4.78, 5) is 0. The fourth-order valence-electron chi connectivity index (χ4n) is 3.06. The summed E-state index contributed by atoms with van der Waals surface area (Å²) in [6.07, 6.45) is -4.32. The van der Waals surface area contributed by atoms with E-state index in [1.807, 2.05) is 39.3 Å². The SMILES string of the molecule is C[Si](C)(C)N1N([Si](C)(C)C)C1(c1cc[c-]cc1)C(F)(F)F.[Li+]. The van der Waals surface area contributed by atoms with Crippen molar-refractivity contribution in [2.24, 2.45) is 0 Å².